The highest BCUT2D eigenvalue weighted by atomic mass is 32.1. The van der Waals surface area contributed by atoms with Gasteiger partial charge in [0.2, 0.25) is 11.0 Å². The van der Waals surface area contributed by atoms with Crippen molar-refractivity contribution in [2.75, 3.05) is 18.4 Å². The molecule has 1 aliphatic rings. The van der Waals surface area contributed by atoms with Crippen molar-refractivity contribution < 1.29 is 4.79 Å². The first-order valence-electron chi connectivity index (χ1n) is 10.2. The summed E-state index contributed by atoms with van der Waals surface area (Å²) in [5.41, 5.74) is 2.27. The lowest BCUT2D eigenvalue weighted by Gasteiger charge is -2.24. The number of nitrogens with one attached hydrogen (secondary N) is 1. The van der Waals surface area contributed by atoms with Crippen molar-refractivity contribution in [2.45, 2.75) is 38.1 Å². The highest BCUT2D eigenvalue weighted by molar-refractivity contribution is 7.15. The third kappa shape index (κ3) is 5.49. The molecule has 3 aromatic rings. The molecule has 0 radical (unpaired) electrons. The molecule has 0 saturated carbocycles. The van der Waals surface area contributed by atoms with Crippen LogP contribution in [0.1, 0.15) is 47.7 Å². The van der Waals surface area contributed by atoms with E-state index in [2.05, 4.69) is 44.7 Å². The van der Waals surface area contributed by atoms with Gasteiger partial charge in [0, 0.05) is 12.3 Å². The molecule has 1 amide bonds. The first-order chi connectivity index (χ1) is 14.3. The first-order valence-corrected chi connectivity index (χ1v) is 11.0. The number of benzene rings is 2. The van der Waals surface area contributed by atoms with Gasteiger partial charge in [-0.25, -0.2) is 0 Å². The summed E-state index contributed by atoms with van der Waals surface area (Å²) in [6.45, 7) is 3.07. The molecule has 5 nitrogen and oxygen atoms in total. The van der Waals surface area contributed by atoms with E-state index in [0.29, 0.717) is 11.6 Å². The summed E-state index contributed by atoms with van der Waals surface area (Å²) in [6, 6.07) is 20.4. The Labute approximate surface area is 175 Å². The van der Waals surface area contributed by atoms with E-state index in [1.807, 2.05) is 36.4 Å². The molecule has 0 atom stereocenters. The van der Waals surface area contributed by atoms with Crippen LogP contribution in [0.5, 0.6) is 0 Å². The second-order valence-corrected chi connectivity index (χ2v) is 8.53. The number of nitrogens with zero attached hydrogens (tertiary/aromatic N) is 3. The van der Waals surface area contributed by atoms with Gasteiger partial charge in [0.25, 0.3) is 0 Å². The number of amides is 1. The maximum Gasteiger partial charge on any atom is 0.227 e. The van der Waals surface area contributed by atoms with Crippen molar-refractivity contribution in [3.05, 3.63) is 76.8 Å². The molecule has 2 aromatic carbocycles. The van der Waals surface area contributed by atoms with E-state index in [1.54, 1.807) is 0 Å². The average molecular weight is 407 g/mol. The number of aromatic nitrogens is 2. The molecule has 1 fully saturated rings. The van der Waals surface area contributed by atoms with Gasteiger partial charge in [-0.2, -0.15) is 0 Å². The average Bonchev–Trinajstić information content (AvgIpc) is 3.20. The molecule has 6 heteroatoms. The number of carbonyl (C=O) groups excluding carboxylic acids is 1. The summed E-state index contributed by atoms with van der Waals surface area (Å²) in [6.07, 6.45) is 4.19. The van der Waals surface area contributed by atoms with Crippen LogP contribution >= 0.6 is 11.3 Å². The van der Waals surface area contributed by atoms with Crippen molar-refractivity contribution in [3.63, 3.8) is 0 Å². The Bertz CT molecular complexity index is 867. The van der Waals surface area contributed by atoms with Crippen molar-refractivity contribution >= 4 is 22.4 Å². The van der Waals surface area contributed by atoms with Gasteiger partial charge in [-0.15, -0.1) is 10.2 Å². The van der Waals surface area contributed by atoms with Crippen LogP contribution in [0.25, 0.3) is 0 Å². The molecule has 150 valence electrons. The van der Waals surface area contributed by atoms with E-state index < -0.39 is 0 Å². The van der Waals surface area contributed by atoms with Gasteiger partial charge in [-0.3, -0.25) is 9.69 Å². The van der Waals surface area contributed by atoms with E-state index in [1.165, 1.54) is 30.6 Å². The summed E-state index contributed by atoms with van der Waals surface area (Å²) in [7, 11) is 0. The third-order valence-electron chi connectivity index (χ3n) is 5.31. The van der Waals surface area contributed by atoms with Crippen LogP contribution in [0.2, 0.25) is 0 Å². The van der Waals surface area contributed by atoms with Gasteiger partial charge < -0.3 is 5.32 Å². The predicted molar refractivity (Wildman–Crippen MR) is 117 cm³/mol. The number of piperidine rings is 1. The van der Waals surface area contributed by atoms with Crippen LogP contribution in [0.4, 0.5) is 5.13 Å². The summed E-state index contributed by atoms with van der Waals surface area (Å²) >= 11 is 1.48. The molecule has 0 aliphatic carbocycles. The molecular weight excluding hydrogens is 380 g/mol. The van der Waals surface area contributed by atoms with E-state index in [9.17, 15) is 4.79 Å². The van der Waals surface area contributed by atoms with Crippen molar-refractivity contribution in [1.29, 1.82) is 0 Å². The maximum absolute atomic E-state index is 12.8. The van der Waals surface area contributed by atoms with Gasteiger partial charge in [-0.05, 0) is 37.1 Å². The number of carbonyl (C=O) groups is 1. The minimum absolute atomic E-state index is 0.0122. The molecule has 1 N–H and O–H groups in total. The Hall–Kier alpha value is -2.57. The van der Waals surface area contributed by atoms with Crippen LogP contribution in [-0.4, -0.2) is 34.1 Å². The number of hydrogen-bond donors (Lipinski definition) is 1. The van der Waals surface area contributed by atoms with Crippen molar-refractivity contribution in [3.8, 4) is 0 Å². The fourth-order valence-corrected chi connectivity index (χ4v) is 4.63. The van der Waals surface area contributed by atoms with E-state index in [4.69, 9.17) is 0 Å². The lowest BCUT2D eigenvalue weighted by atomic mass is 9.88. The minimum atomic E-state index is -0.0385. The fraction of sp³-hybridized carbons (Fsp3) is 0.348. The minimum Gasteiger partial charge on any atom is -0.300 e. The van der Waals surface area contributed by atoms with Crippen LogP contribution in [0.15, 0.2) is 60.7 Å². The Morgan fingerprint density at radius 3 is 2.17 bits per heavy atom. The van der Waals surface area contributed by atoms with Gasteiger partial charge in [0.15, 0.2) is 0 Å². The fourth-order valence-electron chi connectivity index (χ4n) is 3.83. The van der Waals surface area contributed by atoms with E-state index in [0.717, 1.165) is 35.8 Å². The number of anilines is 1. The number of hydrogen-bond acceptors (Lipinski definition) is 5. The molecule has 1 aliphatic heterocycles. The lowest BCUT2D eigenvalue weighted by molar-refractivity contribution is -0.116. The molecule has 0 spiro atoms. The molecule has 1 aromatic heterocycles. The normalized spacial score (nSPS) is 14.8. The second kappa shape index (κ2) is 9.76. The summed E-state index contributed by atoms with van der Waals surface area (Å²) in [5.74, 6) is -0.0264. The maximum atomic E-state index is 12.8. The SMILES string of the molecule is O=C(CC(c1ccccc1)c1ccccc1)Nc1nnc(CN2CCCCC2)s1. The lowest BCUT2D eigenvalue weighted by Crippen LogP contribution is -2.28. The van der Waals surface area contributed by atoms with Crippen molar-refractivity contribution in [1.82, 2.24) is 15.1 Å². The topological polar surface area (TPSA) is 58.1 Å². The second-order valence-electron chi connectivity index (χ2n) is 7.46. The standard InChI is InChI=1S/C23H26N4OS/c28-21(24-23-26-25-22(29-23)17-27-14-8-3-9-15-27)16-20(18-10-4-1-5-11-18)19-12-6-2-7-13-19/h1-2,4-7,10-13,20H,3,8-9,14-17H2,(H,24,26,28). The zero-order valence-electron chi connectivity index (χ0n) is 16.5. The number of rotatable bonds is 7. The highest BCUT2D eigenvalue weighted by Crippen LogP contribution is 2.28. The Morgan fingerprint density at radius 1 is 0.931 bits per heavy atom. The zero-order valence-corrected chi connectivity index (χ0v) is 17.3. The molecule has 2 heterocycles. The molecule has 1 saturated heterocycles. The van der Waals surface area contributed by atoms with Gasteiger partial charge in [0.05, 0.1) is 6.54 Å². The van der Waals surface area contributed by atoms with E-state index >= 15 is 0 Å². The van der Waals surface area contributed by atoms with Gasteiger partial charge in [-0.1, -0.05) is 78.4 Å². The van der Waals surface area contributed by atoms with Crippen molar-refractivity contribution in [2.24, 2.45) is 0 Å². The Morgan fingerprint density at radius 2 is 1.55 bits per heavy atom. The summed E-state index contributed by atoms with van der Waals surface area (Å²) in [4.78, 5) is 15.2. The quantitative estimate of drug-likeness (QED) is 0.619. The summed E-state index contributed by atoms with van der Waals surface area (Å²) < 4.78 is 0. The molecule has 0 bridgehead atoms. The monoisotopic (exact) mass is 406 g/mol. The van der Waals surface area contributed by atoms with Crippen LogP contribution < -0.4 is 5.32 Å². The molecular formula is C23H26N4OS. The van der Waals surface area contributed by atoms with E-state index in [-0.39, 0.29) is 11.8 Å². The third-order valence-corrected chi connectivity index (χ3v) is 6.14. The summed E-state index contributed by atoms with van der Waals surface area (Å²) in [5, 5.41) is 13.0. The Kier molecular flexibility index (Phi) is 6.64. The first kappa shape index (κ1) is 19.7. The number of likely N-dealkylation sites (tertiary alicyclic amines) is 1. The largest absolute Gasteiger partial charge is 0.300 e. The van der Waals surface area contributed by atoms with Gasteiger partial charge in [0.1, 0.15) is 5.01 Å². The van der Waals surface area contributed by atoms with Crippen LogP contribution in [0.3, 0.4) is 0 Å². The zero-order chi connectivity index (χ0) is 19.9. The highest BCUT2D eigenvalue weighted by Gasteiger charge is 2.19. The predicted octanol–water partition coefficient (Wildman–Crippen LogP) is 4.68. The molecule has 4 rings (SSSR count). The molecule has 0 unspecified atom stereocenters. The van der Waals surface area contributed by atoms with Gasteiger partial charge >= 0.3 is 0 Å². The van der Waals surface area contributed by atoms with Crippen LogP contribution in [-0.2, 0) is 11.3 Å². The van der Waals surface area contributed by atoms with Crippen LogP contribution in [0, 0.1) is 0 Å². The Balaban J connectivity index is 1.41. The molecule has 29 heavy (non-hydrogen) atoms. The smallest absolute Gasteiger partial charge is 0.227 e.